The molecular weight excluding hydrogens is 356 g/mol. The number of benzene rings is 2. The predicted molar refractivity (Wildman–Crippen MR) is 83.2 cm³/mol. The molecular formula is C17H12F4N2O3. The van der Waals surface area contributed by atoms with Crippen LogP contribution in [0, 0.1) is 0 Å². The molecule has 136 valence electrons. The zero-order chi connectivity index (χ0) is 18.7. The number of halogens is 4. The number of carbonyl (C=O) groups excluding carboxylic acids is 1. The molecule has 3 rings (SSSR count). The molecule has 1 heterocycles. The van der Waals surface area contributed by atoms with E-state index < -0.39 is 25.7 Å². The summed E-state index contributed by atoms with van der Waals surface area (Å²) in [5.74, 6) is -1.52. The Morgan fingerprint density at radius 1 is 1.04 bits per heavy atom. The van der Waals surface area contributed by atoms with Gasteiger partial charge in [0.25, 0.3) is 0 Å². The molecule has 0 N–H and O–H groups in total. The summed E-state index contributed by atoms with van der Waals surface area (Å²) >= 11 is 0. The summed E-state index contributed by atoms with van der Waals surface area (Å²) in [6, 6.07) is 11.5. The Bertz CT molecular complexity index is 927. The Hall–Kier alpha value is -3.10. The Balaban J connectivity index is 1.83. The van der Waals surface area contributed by atoms with Crippen molar-refractivity contribution in [3.8, 4) is 5.75 Å². The molecule has 0 radical (unpaired) electrons. The fraction of sp³-hybridized carbons (Fsp3) is 0.176. The second-order valence-corrected chi connectivity index (χ2v) is 5.12. The number of ether oxygens (including phenoxy) is 2. The lowest BCUT2D eigenvalue weighted by molar-refractivity contribution is -0.0505. The number of para-hydroxylation sites is 3. The van der Waals surface area contributed by atoms with E-state index in [0.29, 0.717) is 10.1 Å². The molecule has 0 saturated heterocycles. The lowest BCUT2D eigenvalue weighted by Crippen LogP contribution is -2.13. The van der Waals surface area contributed by atoms with Crippen LogP contribution >= 0.6 is 0 Å². The predicted octanol–water partition coefficient (Wildman–Crippen LogP) is 4.39. The van der Waals surface area contributed by atoms with Gasteiger partial charge in [-0.2, -0.15) is 17.6 Å². The summed E-state index contributed by atoms with van der Waals surface area (Å²) < 4.78 is 61.3. The number of hydrogen-bond donors (Lipinski definition) is 0. The topological polar surface area (TPSA) is 53.3 Å². The maximum absolute atomic E-state index is 13.3. The van der Waals surface area contributed by atoms with E-state index in [-0.39, 0.29) is 22.7 Å². The average Bonchev–Trinajstić information content (AvgIpc) is 2.98. The third-order valence-corrected chi connectivity index (χ3v) is 3.52. The number of carbonyl (C=O) groups is 1. The second kappa shape index (κ2) is 7.42. The minimum absolute atomic E-state index is 0.165. The number of imidazole rings is 1. The van der Waals surface area contributed by atoms with Gasteiger partial charge in [-0.3, -0.25) is 4.57 Å². The number of rotatable bonds is 6. The van der Waals surface area contributed by atoms with Gasteiger partial charge in [-0.25, -0.2) is 9.78 Å². The number of fused-ring (bicyclic) bond motifs is 1. The quantitative estimate of drug-likeness (QED) is 0.478. The van der Waals surface area contributed by atoms with E-state index in [2.05, 4.69) is 9.72 Å². The average molecular weight is 368 g/mol. The highest BCUT2D eigenvalue weighted by Crippen LogP contribution is 2.25. The summed E-state index contributed by atoms with van der Waals surface area (Å²) in [4.78, 5) is 16.2. The third-order valence-electron chi connectivity index (χ3n) is 3.52. The second-order valence-electron chi connectivity index (χ2n) is 5.12. The van der Waals surface area contributed by atoms with Gasteiger partial charge < -0.3 is 9.47 Å². The summed E-state index contributed by atoms with van der Waals surface area (Å²) in [7, 11) is 0. The van der Waals surface area contributed by atoms with Crippen molar-refractivity contribution in [2.45, 2.75) is 19.8 Å². The first-order valence-electron chi connectivity index (χ1n) is 7.42. The molecule has 0 aliphatic carbocycles. The highest BCUT2D eigenvalue weighted by atomic mass is 19.3. The normalized spacial score (nSPS) is 11.3. The Morgan fingerprint density at radius 2 is 1.73 bits per heavy atom. The molecule has 0 fully saturated rings. The fourth-order valence-corrected chi connectivity index (χ4v) is 2.46. The van der Waals surface area contributed by atoms with Gasteiger partial charge in [-0.05, 0) is 24.3 Å². The van der Waals surface area contributed by atoms with Crippen molar-refractivity contribution in [1.29, 1.82) is 0 Å². The van der Waals surface area contributed by atoms with Crippen LogP contribution in [0.25, 0.3) is 11.0 Å². The van der Waals surface area contributed by atoms with Gasteiger partial charge in [0, 0.05) is 0 Å². The Morgan fingerprint density at radius 3 is 2.46 bits per heavy atom. The number of hydrogen-bond acceptors (Lipinski definition) is 4. The minimum Gasteiger partial charge on any atom is -0.454 e. The SMILES string of the molecule is O=C(OCc1nc2ccccc2n1C(F)F)c1ccccc1OC(F)F. The van der Waals surface area contributed by atoms with Crippen LogP contribution in [0.1, 0.15) is 22.7 Å². The lowest BCUT2D eigenvalue weighted by Gasteiger charge is -2.11. The van der Waals surface area contributed by atoms with Crippen molar-refractivity contribution in [3.05, 3.63) is 59.9 Å². The number of aromatic nitrogens is 2. The highest BCUT2D eigenvalue weighted by molar-refractivity contribution is 5.92. The van der Waals surface area contributed by atoms with E-state index in [1.807, 2.05) is 0 Å². The van der Waals surface area contributed by atoms with Crippen LogP contribution in [-0.4, -0.2) is 22.1 Å². The van der Waals surface area contributed by atoms with Gasteiger partial charge in [0.2, 0.25) is 0 Å². The standard InChI is InChI=1S/C17H12F4N2O3/c18-16(19)23-12-7-3-2-6-11(12)22-14(23)9-25-15(24)10-5-1-4-8-13(10)26-17(20)21/h1-8,16-17H,9H2. The van der Waals surface area contributed by atoms with Crippen molar-refractivity contribution in [2.24, 2.45) is 0 Å². The van der Waals surface area contributed by atoms with E-state index in [0.717, 1.165) is 0 Å². The fourth-order valence-electron chi connectivity index (χ4n) is 2.46. The van der Waals surface area contributed by atoms with Crippen molar-refractivity contribution < 1.29 is 31.8 Å². The summed E-state index contributed by atoms with van der Waals surface area (Å²) in [5.41, 5.74) is 0.266. The van der Waals surface area contributed by atoms with Crippen LogP contribution in [0.5, 0.6) is 5.75 Å². The molecule has 2 aromatic carbocycles. The van der Waals surface area contributed by atoms with Crippen LogP contribution < -0.4 is 4.74 Å². The van der Waals surface area contributed by atoms with Gasteiger partial charge in [-0.15, -0.1) is 0 Å². The van der Waals surface area contributed by atoms with Crippen LogP contribution in [-0.2, 0) is 11.3 Å². The van der Waals surface area contributed by atoms with Gasteiger partial charge in [0.15, 0.2) is 5.82 Å². The molecule has 1 aromatic heterocycles. The molecule has 26 heavy (non-hydrogen) atoms. The van der Waals surface area contributed by atoms with Crippen LogP contribution in [0.15, 0.2) is 48.5 Å². The van der Waals surface area contributed by atoms with Crippen LogP contribution in [0.3, 0.4) is 0 Å². The zero-order valence-corrected chi connectivity index (χ0v) is 13.1. The molecule has 0 unspecified atom stereocenters. The molecule has 0 amide bonds. The van der Waals surface area contributed by atoms with E-state index in [4.69, 9.17) is 4.74 Å². The van der Waals surface area contributed by atoms with Crippen molar-refractivity contribution in [2.75, 3.05) is 0 Å². The number of esters is 1. The first-order valence-corrected chi connectivity index (χ1v) is 7.42. The minimum atomic E-state index is -3.12. The summed E-state index contributed by atoms with van der Waals surface area (Å²) in [6.45, 7) is -6.56. The molecule has 0 saturated carbocycles. The molecule has 0 spiro atoms. The molecule has 0 aliphatic heterocycles. The number of nitrogens with zero attached hydrogens (tertiary/aromatic N) is 2. The first kappa shape index (κ1) is 17.7. The highest BCUT2D eigenvalue weighted by Gasteiger charge is 2.21. The molecule has 0 aliphatic rings. The van der Waals surface area contributed by atoms with Crippen molar-refractivity contribution >= 4 is 17.0 Å². The smallest absolute Gasteiger partial charge is 0.387 e. The zero-order valence-electron chi connectivity index (χ0n) is 13.1. The van der Waals surface area contributed by atoms with Gasteiger partial charge in [-0.1, -0.05) is 24.3 Å². The van der Waals surface area contributed by atoms with Crippen LogP contribution in [0.2, 0.25) is 0 Å². The Labute approximate surface area is 144 Å². The largest absolute Gasteiger partial charge is 0.454 e. The van der Waals surface area contributed by atoms with Gasteiger partial charge in [0.1, 0.15) is 17.9 Å². The molecule has 0 atom stereocenters. The number of alkyl halides is 4. The molecule has 9 heteroatoms. The lowest BCUT2D eigenvalue weighted by atomic mass is 10.2. The van der Waals surface area contributed by atoms with Crippen molar-refractivity contribution in [1.82, 2.24) is 9.55 Å². The van der Waals surface area contributed by atoms with E-state index in [9.17, 15) is 22.4 Å². The molecule has 3 aromatic rings. The molecule has 0 bridgehead atoms. The van der Waals surface area contributed by atoms with Crippen LogP contribution in [0.4, 0.5) is 17.6 Å². The maximum Gasteiger partial charge on any atom is 0.387 e. The van der Waals surface area contributed by atoms with Gasteiger partial charge in [0.05, 0.1) is 11.0 Å². The first-order chi connectivity index (χ1) is 12.5. The van der Waals surface area contributed by atoms with E-state index in [1.54, 1.807) is 18.2 Å². The van der Waals surface area contributed by atoms with Gasteiger partial charge >= 0.3 is 19.1 Å². The monoisotopic (exact) mass is 368 g/mol. The van der Waals surface area contributed by atoms with E-state index >= 15 is 0 Å². The maximum atomic E-state index is 13.3. The van der Waals surface area contributed by atoms with Crippen molar-refractivity contribution in [3.63, 3.8) is 0 Å². The van der Waals surface area contributed by atoms with E-state index in [1.165, 1.54) is 30.3 Å². The third kappa shape index (κ3) is 3.61. The summed E-state index contributed by atoms with van der Waals surface area (Å²) in [5, 5.41) is 0. The summed E-state index contributed by atoms with van der Waals surface area (Å²) in [6.07, 6.45) is 0. The Kier molecular flexibility index (Phi) is 5.06. The molecule has 5 nitrogen and oxygen atoms in total.